The molecule has 5 heteroatoms. The highest BCUT2D eigenvalue weighted by Gasteiger charge is 2.19. The van der Waals surface area contributed by atoms with Crippen LogP contribution < -0.4 is 15.0 Å². The van der Waals surface area contributed by atoms with Gasteiger partial charge in [-0.1, -0.05) is 18.9 Å². The van der Waals surface area contributed by atoms with Gasteiger partial charge in [-0.25, -0.2) is 4.98 Å². The Kier molecular flexibility index (Phi) is 5.31. The standard InChI is InChI=1S/C19H23N3O2/c1-24-16-9-6-8-15(14-16)21-19(23)17-10-7-11-20-18(17)22-12-4-2-3-5-13-22/h6-11,14H,2-5,12-13H2,1H3,(H,21,23). The van der Waals surface area contributed by atoms with Gasteiger partial charge in [0.1, 0.15) is 11.6 Å². The van der Waals surface area contributed by atoms with Gasteiger partial charge in [0.15, 0.2) is 0 Å². The van der Waals surface area contributed by atoms with Crippen LogP contribution in [0.15, 0.2) is 42.6 Å². The lowest BCUT2D eigenvalue weighted by Crippen LogP contribution is -2.28. The number of anilines is 2. The second-order valence-electron chi connectivity index (χ2n) is 5.96. The van der Waals surface area contributed by atoms with Gasteiger partial charge in [-0.05, 0) is 37.1 Å². The summed E-state index contributed by atoms with van der Waals surface area (Å²) < 4.78 is 5.20. The molecule has 0 spiro atoms. The monoisotopic (exact) mass is 325 g/mol. The molecule has 0 saturated carbocycles. The van der Waals surface area contributed by atoms with E-state index in [0.717, 1.165) is 31.7 Å². The number of aromatic nitrogens is 1. The summed E-state index contributed by atoms with van der Waals surface area (Å²) in [6, 6.07) is 11.0. The summed E-state index contributed by atoms with van der Waals surface area (Å²) in [5.41, 5.74) is 1.33. The molecule has 2 aromatic rings. The highest BCUT2D eigenvalue weighted by molar-refractivity contribution is 6.07. The van der Waals surface area contributed by atoms with Crippen LogP contribution in [0.3, 0.4) is 0 Å². The van der Waals surface area contributed by atoms with Gasteiger partial charge in [0.05, 0.1) is 12.7 Å². The summed E-state index contributed by atoms with van der Waals surface area (Å²) in [6.45, 7) is 1.91. The summed E-state index contributed by atoms with van der Waals surface area (Å²) in [5, 5.41) is 2.94. The van der Waals surface area contributed by atoms with Gasteiger partial charge in [0.25, 0.3) is 5.91 Å². The first-order valence-electron chi connectivity index (χ1n) is 8.43. The normalized spacial score (nSPS) is 14.8. The maximum atomic E-state index is 12.7. The Morgan fingerprint density at radius 1 is 1.12 bits per heavy atom. The van der Waals surface area contributed by atoms with Crippen molar-refractivity contribution in [1.29, 1.82) is 0 Å². The molecule has 0 radical (unpaired) electrons. The number of nitrogens with zero attached hydrogens (tertiary/aromatic N) is 2. The zero-order valence-corrected chi connectivity index (χ0v) is 14.0. The average molecular weight is 325 g/mol. The van der Waals surface area contributed by atoms with Crippen molar-refractivity contribution in [2.45, 2.75) is 25.7 Å². The third kappa shape index (κ3) is 3.85. The van der Waals surface area contributed by atoms with Crippen LogP contribution in [0.4, 0.5) is 11.5 Å². The molecule has 24 heavy (non-hydrogen) atoms. The molecule has 126 valence electrons. The van der Waals surface area contributed by atoms with E-state index in [1.165, 1.54) is 12.8 Å². The minimum absolute atomic E-state index is 0.143. The maximum absolute atomic E-state index is 12.7. The van der Waals surface area contributed by atoms with Crippen molar-refractivity contribution in [3.63, 3.8) is 0 Å². The first kappa shape index (κ1) is 16.3. The Morgan fingerprint density at radius 2 is 1.92 bits per heavy atom. The molecule has 1 saturated heterocycles. The number of rotatable bonds is 4. The molecule has 0 aliphatic carbocycles. The Labute approximate surface area is 142 Å². The van der Waals surface area contributed by atoms with Gasteiger partial charge in [-0.15, -0.1) is 0 Å². The van der Waals surface area contributed by atoms with Gasteiger partial charge in [-0.3, -0.25) is 4.79 Å². The number of pyridine rings is 1. The molecular formula is C19H23N3O2. The zero-order valence-electron chi connectivity index (χ0n) is 14.0. The topological polar surface area (TPSA) is 54.5 Å². The van der Waals surface area contributed by atoms with Crippen molar-refractivity contribution in [2.75, 3.05) is 30.4 Å². The minimum atomic E-state index is -0.143. The second-order valence-corrected chi connectivity index (χ2v) is 5.96. The fourth-order valence-corrected chi connectivity index (χ4v) is 3.01. The van der Waals surface area contributed by atoms with Gasteiger partial charge >= 0.3 is 0 Å². The summed E-state index contributed by atoms with van der Waals surface area (Å²) in [4.78, 5) is 19.5. The maximum Gasteiger partial charge on any atom is 0.259 e. The van der Waals surface area contributed by atoms with Crippen LogP contribution in [-0.2, 0) is 0 Å². The summed E-state index contributed by atoms with van der Waals surface area (Å²) in [5.74, 6) is 1.35. The molecule has 1 aliphatic rings. The third-order valence-corrected chi connectivity index (χ3v) is 4.26. The molecular weight excluding hydrogens is 302 g/mol. The van der Waals surface area contributed by atoms with Crippen molar-refractivity contribution in [3.8, 4) is 5.75 Å². The molecule has 3 rings (SSSR count). The summed E-state index contributed by atoms with van der Waals surface area (Å²) >= 11 is 0. The number of amides is 1. The van der Waals surface area contributed by atoms with Gasteiger partial charge < -0.3 is 15.0 Å². The van der Waals surface area contributed by atoms with E-state index in [0.29, 0.717) is 17.0 Å². The van der Waals surface area contributed by atoms with Crippen LogP contribution in [0.1, 0.15) is 36.0 Å². The van der Waals surface area contributed by atoms with Crippen LogP contribution in [0.2, 0.25) is 0 Å². The number of carbonyl (C=O) groups excluding carboxylic acids is 1. The Bertz CT molecular complexity index is 695. The molecule has 1 aromatic heterocycles. The number of nitrogens with one attached hydrogen (secondary N) is 1. The van der Waals surface area contributed by atoms with Crippen LogP contribution in [-0.4, -0.2) is 31.1 Å². The molecule has 1 amide bonds. The molecule has 0 unspecified atom stereocenters. The summed E-state index contributed by atoms with van der Waals surface area (Å²) in [6.07, 6.45) is 6.53. The van der Waals surface area contributed by atoms with E-state index in [2.05, 4.69) is 15.2 Å². The Balaban J connectivity index is 1.81. The lowest BCUT2D eigenvalue weighted by atomic mass is 10.2. The third-order valence-electron chi connectivity index (χ3n) is 4.26. The van der Waals surface area contributed by atoms with E-state index in [1.807, 2.05) is 30.3 Å². The number of hydrogen-bond donors (Lipinski definition) is 1. The van der Waals surface area contributed by atoms with E-state index >= 15 is 0 Å². The molecule has 1 aromatic carbocycles. The van der Waals surface area contributed by atoms with E-state index in [1.54, 1.807) is 19.4 Å². The molecule has 1 fully saturated rings. The minimum Gasteiger partial charge on any atom is -0.497 e. The first-order valence-corrected chi connectivity index (χ1v) is 8.43. The summed E-state index contributed by atoms with van der Waals surface area (Å²) in [7, 11) is 1.61. The van der Waals surface area contributed by atoms with Crippen molar-refractivity contribution < 1.29 is 9.53 Å². The highest BCUT2D eigenvalue weighted by Crippen LogP contribution is 2.23. The second kappa shape index (κ2) is 7.81. The van der Waals surface area contributed by atoms with Crippen LogP contribution in [0.5, 0.6) is 5.75 Å². The van der Waals surface area contributed by atoms with Crippen molar-refractivity contribution in [3.05, 3.63) is 48.2 Å². The van der Waals surface area contributed by atoms with Gasteiger partial charge in [0.2, 0.25) is 0 Å². The van der Waals surface area contributed by atoms with Crippen molar-refractivity contribution in [1.82, 2.24) is 4.98 Å². The van der Waals surface area contributed by atoms with E-state index in [4.69, 9.17) is 4.74 Å². The van der Waals surface area contributed by atoms with E-state index in [9.17, 15) is 4.79 Å². The number of hydrogen-bond acceptors (Lipinski definition) is 4. The number of methoxy groups -OCH3 is 1. The molecule has 1 N–H and O–H groups in total. The predicted octanol–water partition coefficient (Wildman–Crippen LogP) is 3.72. The number of carbonyl (C=O) groups is 1. The zero-order chi connectivity index (χ0) is 16.8. The quantitative estimate of drug-likeness (QED) is 0.931. The van der Waals surface area contributed by atoms with Crippen LogP contribution >= 0.6 is 0 Å². The molecule has 1 aliphatic heterocycles. The first-order chi connectivity index (χ1) is 11.8. The number of benzene rings is 1. The Hall–Kier alpha value is -2.56. The average Bonchev–Trinajstić information content (AvgIpc) is 2.91. The van der Waals surface area contributed by atoms with Crippen LogP contribution in [0, 0.1) is 0 Å². The molecule has 2 heterocycles. The largest absolute Gasteiger partial charge is 0.497 e. The lowest BCUT2D eigenvalue weighted by Gasteiger charge is -2.23. The van der Waals surface area contributed by atoms with Gasteiger partial charge in [-0.2, -0.15) is 0 Å². The van der Waals surface area contributed by atoms with Gasteiger partial charge in [0, 0.05) is 31.0 Å². The molecule has 5 nitrogen and oxygen atoms in total. The predicted molar refractivity (Wildman–Crippen MR) is 95.9 cm³/mol. The fourth-order valence-electron chi connectivity index (χ4n) is 3.01. The molecule has 0 atom stereocenters. The lowest BCUT2D eigenvalue weighted by molar-refractivity contribution is 0.102. The fraction of sp³-hybridized carbons (Fsp3) is 0.368. The van der Waals surface area contributed by atoms with E-state index in [-0.39, 0.29) is 5.91 Å². The Morgan fingerprint density at radius 3 is 2.67 bits per heavy atom. The van der Waals surface area contributed by atoms with Crippen molar-refractivity contribution in [2.24, 2.45) is 0 Å². The molecule has 0 bridgehead atoms. The number of ether oxygens (including phenoxy) is 1. The highest BCUT2D eigenvalue weighted by atomic mass is 16.5. The SMILES string of the molecule is COc1cccc(NC(=O)c2cccnc2N2CCCCCC2)c1. The van der Waals surface area contributed by atoms with Crippen molar-refractivity contribution >= 4 is 17.4 Å². The van der Waals surface area contributed by atoms with Crippen LogP contribution in [0.25, 0.3) is 0 Å². The smallest absolute Gasteiger partial charge is 0.259 e. The van der Waals surface area contributed by atoms with E-state index < -0.39 is 0 Å².